The molecule has 0 saturated heterocycles. The summed E-state index contributed by atoms with van der Waals surface area (Å²) in [6.07, 6.45) is 0.559. The molecule has 0 atom stereocenters. The second kappa shape index (κ2) is 5.82. The molecule has 16 heavy (non-hydrogen) atoms. The lowest BCUT2D eigenvalue weighted by atomic mass is 10.0. The minimum Gasteiger partial charge on any atom is -0.207 e. The molecule has 0 amide bonds. The summed E-state index contributed by atoms with van der Waals surface area (Å²) < 4.78 is 26.1. The van der Waals surface area contributed by atoms with Gasteiger partial charge in [0.15, 0.2) is 0 Å². The van der Waals surface area contributed by atoms with E-state index in [0.717, 1.165) is 5.57 Å². The average molecular weight is 247 g/mol. The standard InChI is InChI=1S/C12H25NO2S/c1-8-12(11(6)9(2)3)16(14,15)13(7)10(4)5/h9-10H,8H2,1-7H3/b12-11+. The second-order valence-corrected chi connectivity index (χ2v) is 6.75. The Morgan fingerprint density at radius 1 is 1.19 bits per heavy atom. The Morgan fingerprint density at radius 3 is 1.88 bits per heavy atom. The molecule has 0 rings (SSSR count). The van der Waals surface area contributed by atoms with E-state index < -0.39 is 10.0 Å². The van der Waals surface area contributed by atoms with Crippen molar-refractivity contribution < 1.29 is 8.42 Å². The minimum absolute atomic E-state index is 0.00786. The number of hydrogen-bond acceptors (Lipinski definition) is 2. The first-order valence-electron chi connectivity index (χ1n) is 5.83. The van der Waals surface area contributed by atoms with E-state index in [1.165, 1.54) is 4.31 Å². The molecule has 0 aromatic carbocycles. The smallest absolute Gasteiger partial charge is 0.207 e. The fourth-order valence-corrected chi connectivity index (χ4v) is 3.35. The molecule has 0 aliphatic rings. The fraction of sp³-hybridized carbons (Fsp3) is 0.833. The molecular weight excluding hydrogens is 222 g/mol. The molecule has 3 nitrogen and oxygen atoms in total. The van der Waals surface area contributed by atoms with Crippen molar-refractivity contribution in [2.24, 2.45) is 5.92 Å². The van der Waals surface area contributed by atoms with E-state index in [2.05, 4.69) is 0 Å². The van der Waals surface area contributed by atoms with Gasteiger partial charge in [0.2, 0.25) is 10.0 Å². The number of allylic oxidation sites excluding steroid dienone is 2. The van der Waals surface area contributed by atoms with E-state index in [0.29, 0.717) is 11.3 Å². The third-order valence-corrected chi connectivity index (χ3v) is 5.46. The van der Waals surface area contributed by atoms with E-state index in [9.17, 15) is 8.42 Å². The zero-order valence-electron chi connectivity index (χ0n) is 11.5. The van der Waals surface area contributed by atoms with Crippen LogP contribution in [0, 0.1) is 5.92 Å². The third-order valence-electron chi connectivity index (χ3n) is 3.04. The molecule has 4 heteroatoms. The van der Waals surface area contributed by atoms with Gasteiger partial charge in [0.25, 0.3) is 0 Å². The summed E-state index contributed by atoms with van der Waals surface area (Å²) in [5.41, 5.74) is 0.968. The summed E-state index contributed by atoms with van der Waals surface area (Å²) in [7, 11) is -1.64. The zero-order chi connectivity index (χ0) is 13.1. The van der Waals surface area contributed by atoms with Crippen molar-refractivity contribution in [1.82, 2.24) is 4.31 Å². The van der Waals surface area contributed by atoms with Crippen LogP contribution in [0.3, 0.4) is 0 Å². The van der Waals surface area contributed by atoms with Gasteiger partial charge >= 0.3 is 0 Å². The second-order valence-electron chi connectivity index (χ2n) is 4.73. The number of hydrogen-bond donors (Lipinski definition) is 0. The maximum Gasteiger partial charge on any atom is 0.239 e. The summed E-state index contributed by atoms with van der Waals surface area (Å²) in [6.45, 7) is 11.6. The number of nitrogens with zero attached hydrogens (tertiary/aromatic N) is 1. The van der Waals surface area contributed by atoms with Gasteiger partial charge in [-0.3, -0.25) is 0 Å². The summed E-state index contributed by atoms with van der Waals surface area (Å²) in [5, 5.41) is 0. The van der Waals surface area contributed by atoms with Gasteiger partial charge in [0.05, 0.1) is 4.91 Å². The molecule has 0 radical (unpaired) electrons. The van der Waals surface area contributed by atoms with Crippen LogP contribution in [-0.4, -0.2) is 25.8 Å². The predicted octanol–water partition coefficient (Wildman–Crippen LogP) is 3.00. The molecule has 0 aromatic heterocycles. The van der Waals surface area contributed by atoms with Crippen molar-refractivity contribution in [2.45, 2.75) is 54.0 Å². The highest BCUT2D eigenvalue weighted by molar-refractivity contribution is 7.93. The lowest BCUT2D eigenvalue weighted by Gasteiger charge is -2.24. The Labute approximate surface area is 101 Å². The summed E-state index contributed by atoms with van der Waals surface area (Å²) in [5.74, 6) is 0.269. The lowest BCUT2D eigenvalue weighted by molar-refractivity contribution is 0.413. The van der Waals surface area contributed by atoms with Crippen LogP contribution in [0.5, 0.6) is 0 Å². The third kappa shape index (κ3) is 3.32. The molecule has 0 N–H and O–H groups in total. The van der Waals surface area contributed by atoms with E-state index >= 15 is 0 Å². The molecule has 0 unspecified atom stereocenters. The summed E-state index contributed by atoms with van der Waals surface area (Å²) in [6, 6.07) is -0.00786. The van der Waals surface area contributed by atoms with Gasteiger partial charge in [-0.15, -0.1) is 0 Å². The molecule has 0 saturated carbocycles. The van der Waals surface area contributed by atoms with Crippen molar-refractivity contribution in [3.63, 3.8) is 0 Å². The molecule has 0 aliphatic heterocycles. The summed E-state index contributed by atoms with van der Waals surface area (Å²) in [4.78, 5) is 0.568. The largest absolute Gasteiger partial charge is 0.239 e. The Bertz CT molecular complexity index is 353. The number of rotatable bonds is 5. The zero-order valence-corrected chi connectivity index (χ0v) is 12.4. The quantitative estimate of drug-likeness (QED) is 0.749. The van der Waals surface area contributed by atoms with Crippen LogP contribution in [0.25, 0.3) is 0 Å². The highest BCUT2D eigenvalue weighted by atomic mass is 32.2. The SMILES string of the molecule is CC/C(=C(/C)C(C)C)S(=O)(=O)N(C)C(C)C. The monoisotopic (exact) mass is 247 g/mol. The molecule has 0 fully saturated rings. The van der Waals surface area contributed by atoms with Crippen LogP contribution in [0.4, 0.5) is 0 Å². The molecule has 96 valence electrons. The van der Waals surface area contributed by atoms with Crippen molar-refractivity contribution >= 4 is 10.0 Å². The Kier molecular flexibility index (Phi) is 5.70. The van der Waals surface area contributed by atoms with Crippen LogP contribution < -0.4 is 0 Å². The Balaban J connectivity index is 5.52. The first kappa shape index (κ1) is 15.7. The highest BCUT2D eigenvalue weighted by Crippen LogP contribution is 2.25. The van der Waals surface area contributed by atoms with E-state index in [4.69, 9.17) is 0 Å². The van der Waals surface area contributed by atoms with Gasteiger partial charge in [-0.25, -0.2) is 8.42 Å². The van der Waals surface area contributed by atoms with Crippen molar-refractivity contribution in [1.29, 1.82) is 0 Å². The van der Waals surface area contributed by atoms with Gasteiger partial charge in [0.1, 0.15) is 0 Å². The van der Waals surface area contributed by atoms with Crippen LogP contribution >= 0.6 is 0 Å². The average Bonchev–Trinajstić information content (AvgIpc) is 2.16. The lowest BCUT2D eigenvalue weighted by Crippen LogP contribution is -2.34. The van der Waals surface area contributed by atoms with Crippen LogP contribution in [0.15, 0.2) is 10.5 Å². The maximum atomic E-state index is 12.3. The molecular formula is C12H25NO2S. The molecule has 0 aromatic rings. The Hall–Kier alpha value is -0.350. The summed E-state index contributed by atoms with van der Waals surface area (Å²) >= 11 is 0. The van der Waals surface area contributed by atoms with Crippen LogP contribution in [-0.2, 0) is 10.0 Å². The van der Waals surface area contributed by atoms with Gasteiger partial charge in [0, 0.05) is 13.1 Å². The fourth-order valence-electron chi connectivity index (χ4n) is 1.44. The highest BCUT2D eigenvalue weighted by Gasteiger charge is 2.26. The first-order chi connectivity index (χ1) is 7.16. The maximum absolute atomic E-state index is 12.3. The van der Waals surface area contributed by atoms with E-state index in [1.54, 1.807) is 7.05 Å². The molecule has 0 heterocycles. The van der Waals surface area contributed by atoms with Crippen molar-refractivity contribution in [3.8, 4) is 0 Å². The van der Waals surface area contributed by atoms with E-state index in [1.807, 2.05) is 41.5 Å². The van der Waals surface area contributed by atoms with Gasteiger partial charge < -0.3 is 0 Å². The first-order valence-corrected chi connectivity index (χ1v) is 7.27. The van der Waals surface area contributed by atoms with Crippen molar-refractivity contribution in [3.05, 3.63) is 10.5 Å². The van der Waals surface area contributed by atoms with Gasteiger partial charge in [-0.05, 0) is 33.1 Å². The van der Waals surface area contributed by atoms with Gasteiger partial charge in [-0.2, -0.15) is 4.31 Å². The number of sulfonamides is 1. The molecule has 0 bridgehead atoms. The predicted molar refractivity (Wildman–Crippen MR) is 69.6 cm³/mol. The van der Waals surface area contributed by atoms with E-state index in [-0.39, 0.29) is 12.0 Å². The topological polar surface area (TPSA) is 37.4 Å². The molecule has 0 spiro atoms. The Morgan fingerprint density at radius 2 is 1.62 bits per heavy atom. The van der Waals surface area contributed by atoms with Crippen LogP contribution in [0.2, 0.25) is 0 Å². The molecule has 0 aliphatic carbocycles. The van der Waals surface area contributed by atoms with Crippen molar-refractivity contribution in [2.75, 3.05) is 7.05 Å². The minimum atomic E-state index is -3.28. The van der Waals surface area contributed by atoms with Crippen LogP contribution in [0.1, 0.15) is 48.0 Å². The normalized spacial score (nSPS) is 14.9. The van der Waals surface area contributed by atoms with Gasteiger partial charge in [-0.1, -0.05) is 26.3 Å².